The van der Waals surface area contributed by atoms with Crippen LogP contribution in [-0.2, 0) is 15.7 Å². The van der Waals surface area contributed by atoms with Crippen molar-refractivity contribution in [2.24, 2.45) is 0 Å². The standard InChI is InChI=1S/C19H17F6NO5/c1-26(8-14(27)30-3)17(28)15-10-4-7-13(29-2)16(19(23,24)25)11(10)5-6-12(15)31-9-18(20,21)22/h4-7H,8-9H2,1-3H3. The minimum Gasteiger partial charge on any atom is -0.496 e. The number of hydrogen-bond acceptors (Lipinski definition) is 5. The van der Waals surface area contributed by atoms with Gasteiger partial charge in [-0.15, -0.1) is 0 Å². The van der Waals surface area contributed by atoms with Gasteiger partial charge in [0.25, 0.3) is 5.91 Å². The maximum Gasteiger partial charge on any atom is 0.422 e. The van der Waals surface area contributed by atoms with Gasteiger partial charge in [-0.3, -0.25) is 9.59 Å². The highest BCUT2D eigenvalue weighted by Gasteiger charge is 2.38. The van der Waals surface area contributed by atoms with Crippen LogP contribution in [0.15, 0.2) is 24.3 Å². The molecule has 0 fully saturated rings. The Hall–Kier alpha value is -3.18. The number of amides is 1. The molecule has 170 valence electrons. The Bertz CT molecular complexity index is 986. The van der Waals surface area contributed by atoms with E-state index in [0.29, 0.717) is 0 Å². The predicted molar refractivity (Wildman–Crippen MR) is 96.0 cm³/mol. The van der Waals surface area contributed by atoms with Crippen LogP contribution in [-0.4, -0.2) is 57.4 Å². The summed E-state index contributed by atoms with van der Waals surface area (Å²) < 4.78 is 92.8. The van der Waals surface area contributed by atoms with Gasteiger partial charge in [0.2, 0.25) is 0 Å². The molecule has 0 saturated carbocycles. The van der Waals surface area contributed by atoms with Gasteiger partial charge in [0.15, 0.2) is 6.61 Å². The van der Waals surface area contributed by atoms with Crippen LogP contribution in [0.5, 0.6) is 11.5 Å². The SMILES string of the molecule is COC(=O)CN(C)C(=O)c1c(OCC(F)(F)F)ccc2c(C(F)(F)F)c(OC)ccc12. The highest BCUT2D eigenvalue weighted by Crippen LogP contribution is 2.43. The van der Waals surface area contributed by atoms with Crippen molar-refractivity contribution in [1.82, 2.24) is 4.90 Å². The number of likely N-dealkylation sites (N-methyl/N-ethyl adjacent to an activating group) is 1. The van der Waals surface area contributed by atoms with E-state index in [9.17, 15) is 35.9 Å². The van der Waals surface area contributed by atoms with Crippen molar-refractivity contribution in [3.63, 3.8) is 0 Å². The van der Waals surface area contributed by atoms with Crippen molar-refractivity contribution in [3.05, 3.63) is 35.4 Å². The van der Waals surface area contributed by atoms with Crippen LogP contribution in [0, 0.1) is 0 Å². The Morgan fingerprint density at radius 3 is 2.03 bits per heavy atom. The quantitative estimate of drug-likeness (QED) is 0.488. The topological polar surface area (TPSA) is 65.1 Å². The van der Waals surface area contributed by atoms with Gasteiger partial charge < -0.3 is 19.1 Å². The maximum absolute atomic E-state index is 13.7. The zero-order chi connectivity index (χ0) is 23.6. The molecule has 12 heteroatoms. The molecule has 0 aliphatic heterocycles. The van der Waals surface area contributed by atoms with Crippen LogP contribution in [0.4, 0.5) is 26.3 Å². The zero-order valence-corrected chi connectivity index (χ0v) is 16.5. The van der Waals surface area contributed by atoms with E-state index < -0.39 is 65.4 Å². The third kappa shape index (κ3) is 5.50. The molecule has 0 aromatic heterocycles. The fourth-order valence-corrected chi connectivity index (χ4v) is 2.85. The van der Waals surface area contributed by atoms with E-state index in [0.717, 1.165) is 50.4 Å². The average molecular weight is 453 g/mol. The summed E-state index contributed by atoms with van der Waals surface area (Å²) >= 11 is 0. The number of hydrogen-bond donors (Lipinski definition) is 0. The Balaban J connectivity index is 2.75. The fourth-order valence-electron chi connectivity index (χ4n) is 2.85. The fraction of sp³-hybridized carbons (Fsp3) is 0.368. The number of esters is 1. The molecule has 2 aromatic rings. The lowest BCUT2D eigenvalue weighted by molar-refractivity contribution is -0.153. The van der Waals surface area contributed by atoms with Gasteiger partial charge in [-0.2, -0.15) is 26.3 Å². The second-order valence-corrected chi connectivity index (χ2v) is 6.32. The van der Waals surface area contributed by atoms with E-state index in [2.05, 4.69) is 4.74 Å². The molecule has 0 radical (unpaired) electrons. The number of benzene rings is 2. The largest absolute Gasteiger partial charge is 0.496 e. The van der Waals surface area contributed by atoms with Crippen LogP contribution in [0.1, 0.15) is 15.9 Å². The molecule has 2 rings (SSSR count). The molecule has 0 N–H and O–H groups in total. The second kappa shape index (κ2) is 8.90. The summed E-state index contributed by atoms with van der Waals surface area (Å²) in [6, 6.07) is 3.77. The van der Waals surface area contributed by atoms with Gasteiger partial charge in [0, 0.05) is 7.05 Å². The molecule has 6 nitrogen and oxygen atoms in total. The summed E-state index contributed by atoms with van der Waals surface area (Å²) in [7, 11) is 3.21. The molecule has 0 aliphatic carbocycles. The number of methoxy groups -OCH3 is 2. The lowest BCUT2D eigenvalue weighted by Gasteiger charge is -2.22. The van der Waals surface area contributed by atoms with Crippen LogP contribution < -0.4 is 9.47 Å². The molecular weight excluding hydrogens is 436 g/mol. The Labute approximate surface area is 172 Å². The van der Waals surface area contributed by atoms with Gasteiger partial charge in [-0.1, -0.05) is 0 Å². The minimum absolute atomic E-state index is 0.325. The molecule has 0 saturated heterocycles. The van der Waals surface area contributed by atoms with Crippen molar-refractivity contribution in [2.75, 3.05) is 34.4 Å². The van der Waals surface area contributed by atoms with Gasteiger partial charge in [-0.25, -0.2) is 0 Å². The van der Waals surface area contributed by atoms with Gasteiger partial charge in [-0.05, 0) is 35.0 Å². The number of carbonyl (C=O) groups excluding carboxylic acids is 2. The van der Waals surface area contributed by atoms with Crippen LogP contribution in [0.3, 0.4) is 0 Å². The zero-order valence-electron chi connectivity index (χ0n) is 16.5. The van der Waals surface area contributed by atoms with Crippen LogP contribution >= 0.6 is 0 Å². The number of nitrogens with zero attached hydrogens (tertiary/aromatic N) is 1. The molecule has 0 aliphatic rings. The first-order chi connectivity index (χ1) is 14.3. The molecule has 0 atom stereocenters. The number of ether oxygens (including phenoxy) is 3. The molecular formula is C19H17F6NO5. The summed E-state index contributed by atoms with van der Waals surface area (Å²) in [6.07, 6.45) is -9.65. The van der Waals surface area contributed by atoms with Crippen molar-refractivity contribution in [2.45, 2.75) is 12.4 Å². The van der Waals surface area contributed by atoms with E-state index in [1.807, 2.05) is 0 Å². The highest BCUT2D eigenvalue weighted by molar-refractivity contribution is 6.11. The average Bonchev–Trinajstić information content (AvgIpc) is 2.68. The predicted octanol–water partition coefficient (Wildman–Crippen LogP) is 4.05. The third-order valence-corrected chi connectivity index (χ3v) is 4.17. The third-order valence-electron chi connectivity index (χ3n) is 4.17. The van der Waals surface area contributed by atoms with E-state index in [1.54, 1.807) is 0 Å². The lowest BCUT2D eigenvalue weighted by atomic mass is 9.97. The Morgan fingerprint density at radius 2 is 1.52 bits per heavy atom. The number of alkyl halides is 6. The summed E-state index contributed by atoms with van der Waals surface area (Å²) in [6.45, 7) is -2.37. The molecule has 0 heterocycles. The van der Waals surface area contributed by atoms with Crippen molar-refractivity contribution < 1.29 is 50.1 Å². The van der Waals surface area contributed by atoms with E-state index in [1.165, 1.54) is 0 Å². The number of carbonyl (C=O) groups is 2. The lowest BCUT2D eigenvalue weighted by Crippen LogP contribution is -2.33. The van der Waals surface area contributed by atoms with E-state index in [4.69, 9.17) is 9.47 Å². The van der Waals surface area contributed by atoms with Crippen LogP contribution in [0.2, 0.25) is 0 Å². The summed E-state index contributed by atoms with van der Waals surface area (Å²) in [5.41, 5.74) is -1.78. The summed E-state index contributed by atoms with van der Waals surface area (Å²) in [5, 5.41) is -0.810. The van der Waals surface area contributed by atoms with Gasteiger partial charge in [0.1, 0.15) is 23.6 Å². The molecule has 31 heavy (non-hydrogen) atoms. The molecule has 0 spiro atoms. The van der Waals surface area contributed by atoms with E-state index in [-0.39, 0.29) is 5.39 Å². The molecule has 1 amide bonds. The Morgan fingerprint density at radius 1 is 0.935 bits per heavy atom. The van der Waals surface area contributed by atoms with Gasteiger partial charge in [0.05, 0.1) is 19.8 Å². The monoisotopic (exact) mass is 453 g/mol. The smallest absolute Gasteiger partial charge is 0.422 e. The van der Waals surface area contributed by atoms with Crippen molar-refractivity contribution in [1.29, 1.82) is 0 Å². The normalized spacial score (nSPS) is 11.9. The number of rotatable bonds is 6. The van der Waals surface area contributed by atoms with Crippen molar-refractivity contribution in [3.8, 4) is 11.5 Å². The first-order valence-electron chi connectivity index (χ1n) is 8.53. The van der Waals surface area contributed by atoms with Crippen LogP contribution in [0.25, 0.3) is 10.8 Å². The minimum atomic E-state index is -4.89. The van der Waals surface area contributed by atoms with Crippen molar-refractivity contribution >= 4 is 22.6 Å². The maximum atomic E-state index is 13.7. The first kappa shape index (κ1) is 24.1. The van der Waals surface area contributed by atoms with E-state index >= 15 is 0 Å². The number of fused-ring (bicyclic) bond motifs is 1. The second-order valence-electron chi connectivity index (χ2n) is 6.32. The first-order valence-corrected chi connectivity index (χ1v) is 8.53. The summed E-state index contributed by atoms with van der Waals surface area (Å²) in [5.74, 6) is -3.01. The number of halogens is 6. The molecule has 0 bridgehead atoms. The molecule has 2 aromatic carbocycles. The summed E-state index contributed by atoms with van der Waals surface area (Å²) in [4.78, 5) is 25.2. The van der Waals surface area contributed by atoms with Gasteiger partial charge >= 0.3 is 18.3 Å². The highest BCUT2D eigenvalue weighted by atomic mass is 19.4. The molecule has 0 unspecified atom stereocenters. The Kier molecular flexibility index (Phi) is 6.92.